The fourth-order valence-corrected chi connectivity index (χ4v) is 3.47. The van der Waals surface area contributed by atoms with Crippen molar-refractivity contribution in [1.82, 2.24) is 10.2 Å². The van der Waals surface area contributed by atoms with Gasteiger partial charge in [0.25, 0.3) is 0 Å². The molecule has 0 unspecified atom stereocenters. The second kappa shape index (κ2) is 6.91. The monoisotopic (exact) mass is 296 g/mol. The summed E-state index contributed by atoms with van der Waals surface area (Å²) in [6, 6.07) is 0. The van der Waals surface area contributed by atoms with E-state index < -0.39 is 11.9 Å². The summed E-state index contributed by atoms with van der Waals surface area (Å²) in [5, 5.41) is 12.0. The Bertz CT molecular complexity index is 416. The molecule has 1 aliphatic carbocycles. The van der Waals surface area contributed by atoms with E-state index in [1.165, 1.54) is 0 Å². The van der Waals surface area contributed by atoms with Crippen LogP contribution in [0.4, 0.5) is 0 Å². The lowest BCUT2D eigenvalue weighted by Crippen LogP contribution is -2.46. The van der Waals surface area contributed by atoms with Crippen molar-refractivity contribution in [2.45, 2.75) is 39.0 Å². The number of hydrogen-bond acceptors (Lipinski definition) is 3. The Morgan fingerprint density at radius 1 is 1.10 bits per heavy atom. The van der Waals surface area contributed by atoms with Crippen LogP contribution in [0.2, 0.25) is 0 Å². The molecule has 2 atom stereocenters. The Labute approximate surface area is 124 Å². The van der Waals surface area contributed by atoms with Crippen LogP contribution in [0.25, 0.3) is 0 Å². The summed E-state index contributed by atoms with van der Waals surface area (Å²) in [5.74, 6) is -1.75. The predicted molar refractivity (Wildman–Crippen MR) is 76.5 cm³/mol. The molecule has 2 aliphatic rings. The zero-order valence-electron chi connectivity index (χ0n) is 12.5. The second-order valence-corrected chi connectivity index (χ2v) is 5.98. The molecule has 2 fully saturated rings. The third kappa shape index (κ3) is 3.54. The number of carbonyl (C=O) groups excluding carboxylic acids is 2. The maximum atomic E-state index is 12.5. The SMILES string of the molecule is CCNC(=O)C1CCN(C(=O)[C@@H]2CCC[C@@H]2C(=O)O)CC1. The molecule has 0 bridgehead atoms. The predicted octanol–water partition coefficient (Wildman–Crippen LogP) is 0.862. The van der Waals surface area contributed by atoms with Crippen molar-refractivity contribution in [3.05, 3.63) is 0 Å². The van der Waals surface area contributed by atoms with E-state index in [4.69, 9.17) is 0 Å². The number of rotatable bonds is 4. The average molecular weight is 296 g/mol. The number of hydrogen-bond donors (Lipinski definition) is 2. The van der Waals surface area contributed by atoms with Gasteiger partial charge < -0.3 is 15.3 Å². The van der Waals surface area contributed by atoms with Crippen LogP contribution in [-0.2, 0) is 14.4 Å². The maximum absolute atomic E-state index is 12.5. The summed E-state index contributed by atoms with van der Waals surface area (Å²) >= 11 is 0. The van der Waals surface area contributed by atoms with Crippen LogP contribution in [0, 0.1) is 17.8 Å². The number of nitrogens with one attached hydrogen (secondary N) is 1. The minimum absolute atomic E-state index is 0.0205. The number of carboxylic acid groups (broad SMARTS) is 1. The smallest absolute Gasteiger partial charge is 0.307 e. The highest BCUT2D eigenvalue weighted by Crippen LogP contribution is 2.34. The van der Waals surface area contributed by atoms with E-state index in [1.807, 2.05) is 6.92 Å². The number of carbonyl (C=O) groups is 3. The lowest BCUT2D eigenvalue weighted by Gasteiger charge is -2.33. The summed E-state index contributed by atoms with van der Waals surface area (Å²) in [6.45, 7) is 3.63. The molecule has 1 heterocycles. The van der Waals surface area contributed by atoms with E-state index >= 15 is 0 Å². The summed E-state index contributed by atoms with van der Waals surface area (Å²) < 4.78 is 0. The first-order valence-electron chi connectivity index (χ1n) is 7.84. The molecular weight excluding hydrogens is 272 g/mol. The lowest BCUT2D eigenvalue weighted by molar-refractivity contribution is -0.149. The summed E-state index contributed by atoms with van der Waals surface area (Å²) in [7, 11) is 0. The van der Waals surface area contributed by atoms with Crippen molar-refractivity contribution in [1.29, 1.82) is 0 Å². The van der Waals surface area contributed by atoms with Gasteiger partial charge in [-0.15, -0.1) is 0 Å². The molecule has 1 saturated carbocycles. The molecule has 2 N–H and O–H groups in total. The zero-order valence-corrected chi connectivity index (χ0v) is 12.5. The van der Waals surface area contributed by atoms with Gasteiger partial charge in [0.05, 0.1) is 11.8 Å². The molecule has 0 spiro atoms. The molecule has 1 saturated heterocycles. The lowest BCUT2D eigenvalue weighted by atomic mass is 9.91. The first kappa shape index (κ1) is 15.8. The average Bonchev–Trinajstić information content (AvgIpc) is 2.96. The van der Waals surface area contributed by atoms with Crippen LogP contribution in [0.1, 0.15) is 39.0 Å². The number of nitrogens with zero attached hydrogens (tertiary/aromatic N) is 1. The van der Waals surface area contributed by atoms with Crippen LogP contribution in [0.3, 0.4) is 0 Å². The van der Waals surface area contributed by atoms with Gasteiger partial charge in [0.2, 0.25) is 11.8 Å². The third-order valence-corrected chi connectivity index (χ3v) is 4.68. The molecule has 118 valence electrons. The fraction of sp³-hybridized carbons (Fsp3) is 0.800. The number of aliphatic carboxylic acids is 1. The van der Waals surface area contributed by atoms with Gasteiger partial charge in [0.15, 0.2) is 0 Å². The Morgan fingerprint density at radius 2 is 1.71 bits per heavy atom. The molecule has 6 heteroatoms. The van der Waals surface area contributed by atoms with Gasteiger partial charge in [-0.1, -0.05) is 6.42 Å². The van der Waals surface area contributed by atoms with E-state index in [-0.39, 0.29) is 23.7 Å². The molecule has 0 radical (unpaired) electrons. The molecule has 0 aromatic carbocycles. The van der Waals surface area contributed by atoms with E-state index in [0.717, 1.165) is 6.42 Å². The number of likely N-dealkylation sites (tertiary alicyclic amines) is 1. The third-order valence-electron chi connectivity index (χ3n) is 4.68. The largest absolute Gasteiger partial charge is 0.481 e. The Morgan fingerprint density at radius 3 is 2.29 bits per heavy atom. The fourth-order valence-electron chi connectivity index (χ4n) is 3.47. The van der Waals surface area contributed by atoms with E-state index in [2.05, 4.69) is 5.32 Å². The highest BCUT2D eigenvalue weighted by molar-refractivity contribution is 5.85. The van der Waals surface area contributed by atoms with Crippen LogP contribution >= 0.6 is 0 Å². The molecule has 0 aromatic rings. The number of carboxylic acids is 1. The highest BCUT2D eigenvalue weighted by Gasteiger charge is 2.40. The molecule has 6 nitrogen and oxygen atoms in total. The van der Waals surface area contributed by atoms with Crippen molar-refractivity contribution in [2.24, 2.45) is 17.8 Å². The first-order chi connectivity index (χ1) is 10.0. The molecule has 2 amide bonds. The molecule has 0 aromatic heterocycles. The van der Waals surface area contributed by atoms with Crippen LogP contribution in [-0.4, -0.2) is 47.4 Å². The molecule has 2 rings (SSSR count). The molecular formula is C15H24N2O4. The van der Waals surface area contributed by atoms with Crippen LogP contribution < -0.4 is 5.32 Å². The highest BCUT2D eigenvalue weighted by atomic mass is 16.4. The standard InChI is InChI=1S/C15H24N2O4/c1-2-16-13(18)10-6-8-17(9-7-10)14(19)11-4-3-5-12(11)15(20)21/h10-12H,2-9H2,1H3,(H,16,18)(H,20,21)/t11-,12+/m1/s1. The van der Waals surface area contributed by atoms with Gasteiger partial charge in [0, 0.05) is 25.6 Å². The van der Waals surface area contributed by atoms with Crippen molar-refractivity contribution in [3.63, 3.8) is 0 Å². The van der Waals surface area contributed by atoms with Gasteiger partial charge in [-0.3, -0.25) is 14.4 Å². The normalized spacial score (nSPS) is 26.6. The Kier molecular flexibility index (Phi) is 5.20. The van der Waals surface area contributed by atoms with E-state index in [0.29, 0.717) is 45.3 Å². The first-order valence-corrected chi connectivity index (χ1v) is 7.84. The second-order valence-electron chi connectivity index (χ2n) is 5.98. The minimum Gasteiger partial charge on any atom is -0.481 e. The van der Waals surface area contributed by atoms with E-state index in [1.54, 1.807) is 4.90 Å². The number of amides is 2. The van der Waals surface area contributed by atoms with Gasteiger partial charge in [-0.2, -0.15) is 0 Å². The van der Waals surface area contributed by atoms with Crippen molar-refractivity contribution >= 4 is 17.8 Å². The van der Waals surface area contributed by atoms with Crippen molar-refractivity contribution in [2.75, 3.05) is 19.6 Å². The quantitative estimate of drug-likeness (QED) is 0.805. The van der Waals surface area contributed by atoms with Gasteiger partial charge in [-0.25, -0.2) is 0 Å². The Hall–Kier alpha value is -1.59. The number of piperidine rings is 1. The van der Waals surface area contributed by atoms with E-state index in [9.17, 15) is 19.5 Å². The maximum Gasteiger partial charge on any atom is 0.307 e. The summed E-state index contributed by atoms with van der Waals surface area (Å²) in [6.07, 6.45) is 3.42. The molecule has 1 aliphatic heterocycles. The zero-order chi connectivity index (χ0) is 15.4. The van der Waals surface area contributed by atoms with Crippen molar-refractivity contribution < 1.29 is 19.5 Å². The Balaban J connectivity index is 1.88. The molecule has 21 heavy (non-hydrogen) atoms. The van der Waals surface area contributed by atoms with Gasteiger partial charge >= 0.3 is 5.97 Å². The van der Waals surface area contributed by atoms with Gasteiger partial charge in [0.1, 0.15) is 0 Å². The summed E-state index contributed by atoms with van der Waals surface area (Å²) in [4.78, 5) is 37.2. The topological polar surface area (TPSA) is 86.7 Å². The minimum atomic E-state index is -0.858. The van der Waals surface area contributed by atoms with Crippen LogP contribution in [0.15, 0.2) is 0 Å². The van der Waals surface area contributed by atoms with Gasteiger partial charge in [-0.05, 0) is 32.6 Å². The van der Waals surface area contributed by atoms with Crippen LogP contribution in [0.5, 0.6) is 0 Å². The summed E-state index contributed by atoms with van der Waals surface area (Å²) in [5.41, 5.74) is 0. The van der Waals surface area contributed by atoms with Crippen molar-refractivity contribution in [3.8, 4) is 0 Å².